The smallest absolute Gasteiger partial charge is 0.192 e. The molecule has 2 rings (SSSR count). The van der Waals surface area contributed by atoms with Crippen molar-refractivity contribution in [1.82, 2.24) is 0 Å². The number of halogens is 1. The van der Waals surface area contributed by atoms with Gasteiger partial charge >= 0.3 is 0 Å². The highest BCUT2D eigenvalue weighted by Gasteiger charge is 2.47. The standard InChI is InChI=1S/C29H47FO5Si/c1-12-13-25-27(34-29(7,8)33-25)26(32-19-22-14-16-23(31-9)17-15-22)24(30)18-20(2)21(3)35-36(10,11)28(4,5)6/h12,14-18,20-21,25-27H,1,13,19H2,2-11H3/t20-,21-,25+,26?,27+/m1/s1. The minimum absolute atomic E-state index is 0.0752. The lowest BCUT2D eigenvalue weighted by Gasteiger charge is -2.39. The van der Waals surface area contributed by atoms with Gasteiger partial charge in [0.05, 0.1) is 19.8 Å². The SMILES string of the molecule is C=CC[C@@H]1OC(C)(C)O[C@@H]1C(OCc1ccc(OC)cc1)C(F)=C[C@@H](C)[C@@H](C)O[Si](C)(C)C(C)(C)C. The van der Waals surface area contributed by atoms with Crippen molar-refractivity contribution in [3.05, 3.63) is 54.4 Å². The lowest BCUT2D eigenvalue weighted by atomic mass is 9.99. The van der Waals surface area contributed by atoms with Crippen molar-refractivity contribution in [2.75, 3.05) is 7.11 Å². The molecule has 0 amide bonds. The summed E-state index contributed by atoms with van der Waals surface area (Å²) in [6.45, 7) is 22.8. The maximum absolute atomic E-state index is 16.0. The Morgan fingerprint density at radius 3 is 2.31 bits per heavy atom. The average Bonchev–Trinajstić information content (AvgIpc) is 3.07. The number of ether oxygens (including phenoxy) is 4. The van der Waals surface area contributed by atoms with E-state index in [0.29, 0.717) is 6.42 Å². The number of benzene rings is 1. The normalized spacial score (nSPS) is 23.2. The van der Waals surface area contributed by atoms with Crippen molar-refractivity contribution in [2.45, 2.75) is 110 Å². The summed E-state index contributed by atoms with van der Waals surface area (Å²) in [5, 5.41) is 0.0752. The Balaban J connectivity index is 2.29. The predicted molar refractivity (Wildman–Crippen MR) is 146 cm³/mol. The first-order valence-corrected chi connectivity index (χ1v) is 15.8. The minimum atomic E-state index is -1.99. The molecule has 1 unspecified atom stereocenters. The Hall–Kier alpha value is -1.51. The molecule has 1 aromatic carbocycles. The van der Waals surface area contributed by atoms with E-state index in [-0.39, 0.29) is 35.6 Å². The molecule has 0 saturated carbocycles. The summed E-state index contributed by atoms with van der Waals surface area (Å²) < 4.78 is 46.2. The van der Waals surface area contributed by atoms with E-state index >= 15 is 4.39 Å². The second-order valence-electron chi connectivity index (χ2n) is 11.7. The molecule has 7 heteroatoms. The molecule has 204 valence electrons. The number of hydrogen-bond donors (Lipinski definition) is 0. The predicted octanol–water partition coefficient (Wildman–Crippen LogP) is 7.58. The van der Waals surface area contributed by atoms with Crippen LogP contribution in [-0.4, -0.2) is 45.6 Å². The zero-order chi connectivity index (χ0) is 27.3. The molecule has 5 atom stereocenters. The van der Waals surface area contributed by atoms with Gasteiger partial charge in [0.2, 0.25) is 0 Å². The monoisotopic (exact) mass is 522 g/mol. The van der Waals surface area contributed by atoms with Gasteiger partial charge in [-0.2, -0.15) is 0 Å². The van der Waals surface area contributed by atoms with E-state index in [1.807, 2.05) is 52.0 Å². The summed E-state index contributed by atoms with van der Waals surface area (Å²) >= 11 is 0. The first kappa shape index (κ1) is 30.7. The van der Waals surface area contributed by atoms with Crippen LogP contribution in [0, 0.1) is 5.92 Å². The molecule has 1 aliphatic rings. The van der Waals surface area contributed by atoms with Crippen LogP contribution in [0.25, 0.3) is 0 Å². The minimum Gasteiger partial charge on any atom is -0.497 e. The van der Waals surface area contributed by atoms with E-state index in [0.717, 1.165) is 11.3 Å². The van der Waals surface area contributed by atoms with Gasteiger partial charge in [0.1, 0.15) is 23.8 Å². The van der Waals surface area contributed by atoms with E-state index in [9.17, 15) is 0 Å². The van der Waals surface area contributed by atoms with Gasteiger partial charge in [0, 0.05) is 12.0 Å². The molecule has 0 bridgehead atoms. The van der Waals surface area contributed by atoms with Gasteiger partial charge in [-0.25, -0.2) is 4.39 Å². The molecule has 0 aliphatic carbocycles. The Morgan fingerprint density at radius 2 is 1.78 bits per heavy atom. The zero-order valence-corrected chi connectivity index (χ0v) is 24.9. The second kappa shape index (κ2) is 12.4. The van der Waals surface area contributed by atoms with Crippen molar-refractivity contribution in [2.24, 2.45) is 5.92 Å². The molecule has 1 saturated heterocycles. The first-order valence-electron chi connectivity index (χ1n) is 12.9. The van der Waals surface area contributed by atoms with Gasteiger partial charge < -0.3 is 23.4 Å². The number of methoxy groups -OCH3 is 1. The van der Waals surface area contributed by atoms with Gasteiger partial charge in [-0.3, -0.25) is 0 Å². The highest BCUT2D eigenvalue weighted by molar-refractivity contribution is 6.74. The molecular weight excluding hydrogens is 475 g/mol. The Kier molecular flexibility index (Phi) is 10.5. The van der Waals surface area contributed by atoms with E-state index in [1.54, 1.807) is 19.3 Å². The van der Waals surface area contributed by atoms with E-state index in [1.165, 1.54) is 0 Å². The lowest BCUT2D eigenvalue weighted by Crippen LogP contribution is -2.44. The van der Waals surface area contributed by atoms with Gasteiger partial charge in [0.15, 0.2) is 14.1 Å². The van der Waals surface area contributed by atoms with Gasteiger partial charge in [-0.15, -0.1) is 6.58 Å². The summed E-state index contributed by atoms with van der Waals surface area (Å²) in [7, 11) is -0.369. The third kappa shape index (κ3) is 8.25. The largest absolute Gasteiger partial charge is 0.497 e. The number of rotatable bonds is 12. The van der Waals surface area contributed by atoms with Crippen LogP contribution < -0.4 is 4.74 Å². The average molecular weight is 523 g/mol. The summed E-state index contributed by atoms with van der Waals surface area (Å²) in [5.74, 6) is -0.613. The zero-order valence-electron chi connectivity index (χ0n) is 23.9. The molecule has 0 N–H and O–H groups in total. The molecule has 1 aromatic rings. The Morgan fingerprint density at radius 1 is 1.17 bits per heavy atom. The van der Waals surface area contributed by atoms with E-state index in [4.69, 9.17) is 23.4 Å². The maximum atomic E-state index is 16.0. The van der Waals surface area contributed by atoms with Crippen LogP contribution in [0.5, 0.6) is 5.75 Å². The van der Waals surface area contributed by atoms with Crippen LogP contribution in [0.1, 0.15) is 60.5 Å². The third-order valence-corrected chi connectivity index (χ3v) is 11.8. The van der Waals surface area contributed by atoms with E-state index in [2.05, 4.69) is 40.4 Å². The van der Waals surface area contributed by atoms with Gasteiger partial charge in [0.25, 0.3) is 0 Å². The van der Waals surface area contributed by atoms with Crippen molar-refractivity contribution < 1.29 is 27.8 Å². The van der Waals surface area contributed by atoms with Crippen LogP contribution in [0.15, 0.2) is 48.8 Å². The highest BCUT2D eigenvalue weighted by atomic mass is 28.4. The van der Waals surface area contributed by atoms with Crippen LogP contribution in [0.2, 0.25) is 18.1 Å². The van der Waals surface area contributed by atoms with E-state index < -0.39 is 26.3 Å². The second-order valence-corrected chi connectivity index (χ2v) is 16.5. The molecule has 5 nitrogen and oxygen atoms in total. The topological polar surface area (TPSA) is 46.2 Å². The molecular formula is C29H47FO5Si. The van der Waals surface area contributed by atoms with Crippen LogP contribution in [0.3, 0.4) is 0 Å². The molecule has 0 spiro atoms. The summed E-state index contributed by atoms with van der Waals surface area (Å²) in [5.41, 5.74) is 0.912. The fourth-order valence-corrected chi connectivity index (χ4v) is 5.43. The van der Waals surface area contributed by atoms with Crippen molar-refractivity contribution in [3.8, 4) is 5.75 Å². The summed E-state index contributed by atoms with van der Waals surface area (Å²) in [4.78, 5) is 0. The highest BCUT2D eigenvalue weighted by Crippen LogP contribution is 2.39. The van der Waals surface area contributed by atoms with Gasteiger partial charge in [-0.1, -0.05) is 45.9 Å². The molecule has 1 aliphatic heterocycles. The molecule has 1 fully saturated rings. The quantitative estimate of drug-likeness (QED) is 0.209. The molecule has 0 radical (unpaired) electrons. The van der Waals surface area contributed by atoms with Crippen molar-refractivity contribution >= 4 is 8.32 Å². The van der Waals surface area contributed by atoms with Crippen molar-refractivity contribution in [1.29, 1.82) is 0 Å². The van der Waals surface area contributed by atoms with Crippen molar-refractivity contribution in [3.63, 3.8) is 0 Å². The summed E-state index contributed by atoms with van der Waals surface area (Å²) in [6, 6.07) is 7.54. The van der Waals surface area contributed by atoms with Crippen LogP contribution in [-0.2, 0) is 25.2 Å². The van der Waals surface area contributed by atoms with Gasteiger partial charge in [-0.05, 0) is 69.1 Å². The first-order chi connectivity index (χ1) is 16.6. The van der Waals surface area contributed by atoms with Crippen LogP contribution in [0.4, 0.5) is 4.39 Å². The Labute approximate surface area is 219 Å². The summed E-state index contributed by atoms with van der Waals surface area (Å²) in [6.07, 6.45) is 1.87. The Bertz CT molecular complexity index is 875. The lowest BCUT2D eigenvalue weighted by molar-refractivity contribution is -0.158. The van der Waals surface area contributed by atoms with Crippen LogP contribution >= 0.6 is 0 Å². The molecule has 1 heterocycles. The third-order valence-electron chi connectivity index (χ3n) is 7.23. The maximum Gasteiger partial charge on any atom is 0.192 e. The number of hydrogen-bond acceptors (Lipinski definition) is 5. The fraction of sp³-hybridized carbons (Fsp3) is 0.655. The molecule has 36 heavy (non-hydrogen) atoms. The fourth-order valence-electron chi connectivity index (χ4n) is 3.94. The molecule has 0 aromatic heterocycles.